The van der Waals surface area contributed by atoms with Gasteiger partial charge in [0.25, 0.3) is 0 Å². The summed E-state index contributed by atoms with van der Waals surface area (Å²) in [6.07, 6.45) is 1.63. The first-order valence-electron chi connectivity index (χ1n) is 12.1. The van der Waals surface area contributed by atoms with Crippen molar-refractivity contribution in [3.05, 3.63) is 64.5 Å². The molecule has 0 spiro atoms. The number of carbonyl (C=O) groups excluding carboxylic acids is 1. The fraction of sp³-hybridized carbons (Fsp3) is 0.407. The number of hydrogen-bond acceptors (Lipinski definition) is 6. The van der Waals surface area contributed by atoms with E-state index in [2.05, 4.69) is 10.2 Å². The fourth-order valence-electron chi connectivity index (χ4n) is 4.63. The van der Waals surface area contributed by atoms with Gasteiger partial charge in [-0.1, -0.05) is 23.7 Å². The second-order valence-corrected chi connectivity index (χ2v) is 9.65. The first kappa shape index (κ1) is 23.7. The third-order valence-electron chi connectivity index (χ3n) is 6.72. The average Bonchev–Trinajstić information content (AvgIpc) is 3.24. The van der Waals surface area contributed by atoms with E-state index in [1.165, 1.54) is 0 Å². The monoisotopic (exact) mass is 495 g/mol. The lowest BCUT2D eigenvalue weighted by Gasteiger charge is -2.31. The van der Waals surface area contributed by atoms with Gasteiger partial charge in [0.1, 0.15) is 19.0 Å². The van der Waals surface area contributed by atoms with Crippen LogP contribution in [-0.2, 0) is 11.3 Å². The summed E-state index contributed by atoms with van der Waals surface area (Å²) in [5.74, 6) is 3.01. The number of aryl methyl sites for hydroxylation is 1. The fourth-order valence-corrected chi connectivity index (χ4v) is 4.82. The van der Waals surface area contributed by atoms with Gasteiger partial charge in [0, 0.05) is 23.0 Å². The van der Waals surface area contributed by atoms with Crippen molar-refractivity contribution in [3.8, 4) is 23.0 Å². The number of ether oxygens (including phenoxy) is 2. The molecule has 3 aromatic rings. The van der Waals surface area contributed by atoms with E-state index in [9.17, 15) is 4.79 Å². The number of carbonyl (C=O) groups is 1. The van der Waals surface area contributed by atoms with Crippen LogP contribution >= 0.6 is 11.6 Å². The number of nitrogens with one attached hydrogen (secondary N) is 1. The lowest BCUT2D eigenvalue weighted by Crippen LogP contribution is -2.41. The second kappa shape index (κ2) is 10.3. The number of benzene rings is 2. The molecule has 3 heterocycles. The summed E-state index contributed by atoms with van der Waals surface area (Å²) in [5.41, 5.74) is 2.81. The maximum Gasteiger partial charge on any atom is 0.226 e. The summed E-state index contributed by atoms with van der Waals surface area (Å²) >= 11 is 6.11. The molecule has 1 fully saturated rings. The average molecular weight is 496 g/mol. The Bertz CT molecular complexity index is 1200. The van der Waals surface area contributed by atoms with E-state index in [1.54, 1.807) is 0 Å². The van der Waals surface area contributed by atoms with Gasteiger partial charge >= 0.3 is 0 Å². The van der Waals surface area contributed by atoms with E-state index in [0.717, 1.165) is 60.0 Å². The number of halogens is 1. The number of aromatic nitrogens is 1. The molecule has 8 heteroatoms. The smallest absolute Gasteiger partial charge is 0.226 e. The van der Waals surface area contributed by atoms with Gasteiger partial charge in [-0.3, -0.25) is 9.69 Å². The molecule has 184 valence electrons. The highest BCUT2D eigenvalue weighted by Crippen LogP contribution is 2.33. The number of rotatable bonds is 6. The Balaban J connectivity index is 1.14. The molecule has 2 aromatic carbocycles. The molecule has 1 aromatic heterocycles. The zero-order valence-corrected chi connectivity index (χ0v) is 20.8. The van der Waals surface area contributed by atoms with E-state index < -0.39 is 0 Å². The lowest BCUT2D eigenvalue weighted by atomic mass is 9.95. The Hall–Kier alpha value is -3.03. The van der Waals surface area contributed by atoms with Crippen molar-refractivity contribution in [2.75, 3.05) is 26.3 Å². The predicted octanol–water partition coefficient (Wildman–Crippen LogP) is 5.16. The van der Waals surface area contributed by atoms with Crippen molar-refractivity contribution in [2.24, 2.45) is 5.92 Å². The number of amides is 1. The number of hydrogen-bond donors (Lipinski definition) is 1. The maximum absolute atomic E-state index is 13.0. The number of oxazole rings is 1. The summed E-state index contributed by atoms with van der Waals surface area (Å²) in [4.78, 5) is 20.0. The van der Waals surface area contributed by atoms with Crippen LogP contribution in [0.25, 0.3) is 11.5 Å². The van der Waals surface area contributed by atoms with Crippen LogP contribution < -0.4 is 14.8 Å². The molecule has 1 atom stereocenters. The van der Waals surface area contributed by atoms with Crippen LogP contribution in [0.1, 0.15) is 42.8 Å². The molecular formula is C27H30ClN3O4. The minimum absolute atomic E-state index is 0.00587. The Morgan fingerprint density at radius 3 is 2.69 bits per heavy atom. The largest absolute Gasteiger partial charge is 0.486 e. The third-order valence-corrected chi connectivity index (χ3v) is 6.96. The highest BCUT2D eigenvalue weighted by molar-refractivity contribution is 6.30. The van der Waals surface area contributed by atoms with Crippen molar-refractivity contribution in [1.82, 2.24) is 15.2 Å². The van der Waals surface area contributed by atoms with Gasteiger partial charge in [-0.05, 0) is 75.7 Å². The lowest BCUT2D eigenvalue weighted by molar-refractivity contribution is -0.127. The van der Waals surface area contributed by atoms with Crippen LogP contribution in [-0.4, -0.2) is 42.1 Å². The summed E-state index contributed by atoms with van der Waals surface area (Å²) < 4.78 is 17.2. The highest BCUT2D eigenvalue weighted by Gasteiger charge is 2.27. The highest BCUT2D eigenvalue weighted by atomic mass is 35.5. The van der Waals surface area contributed by atoms with Crippen LogP contribution in [0.5, 0.6) is 11.5 Å². The molecule has 5 rings (SSSR count). The van der Waals surface area contributed by atoms with Gasteiger partial charge in [0.05, 0.1) is 11.7 Å². The predicted molar refractivity (Wildman–Crippen MR) is 134 cm³/mol. The number of piperidine rings is 1. The van der Waals surface area contributed by atoms with Gasteiger partial charge in [-0.25, -0.2) is 4.98 Å². The summed E-state index contributed by atoms with van der Waals surface area (Å²) in [6.45, 7) is 7.45. The molecule has 1 N–H and O–H groups in total. The summed E-state index contributed by atoms with van der Waals surface area (Å²) in [5, 5.41) is 3.84. The Labute approximate surface area is 210 Å². The van der Waals surface area contributed by atoms with Crippen molar-refractivity contribution in [1.29, 1.82) is 0 Å². The van der Waals surface area contributed by atoms with Crippen LogP contribution in [0.15, 0.2) is 46.9 Å². The maximum atomic E-state index is 13.0. The zero-order valence-electron chi connectivity index (χ0n) is 20.1. The Morgan fingerprint density at radius 2 is 1.91 bits per heavy atom. The van der Waals surface area contributed by atoms with Crippen molar-refractivity contribution >= 4 is 17.5 Å². The first-order chi connectivity index (χ1) is 17.0. The van der Waals surface area contributed by atoms with Gasteiger partial charge in [0.2, 0.25) is 11.8 Å². The van der Waals surface area contributed by atoms with E-state index in [-0.39, 0.29) is 17.9 Å². The molecule has 0 aliphatic carbocycles. The number of nitrogens with zero attached hydrogens (tertiary/aromatic N) is 2. The third kappa shape index (κ3) is 5.46. The molecule has 1 unspecified atom stereocenters. The molecule has 1 saturated heterocycles. The minimum atomic E-state index is -0.0981. The molecule has 0 bridgehead atoms. The molecule has 35 heavy (non-hydrogen) atoms. The summed E-state index contributed by atoms with van der Waals surface area (Å²) in [6, 6.07) is 13.3. The first-order valence-corrected chi connectivity index (χ1v) is 12.5. The Kier molecular flexibility index (Phi) is 6.97. The van der Waals surface area contributed by atoms with Gasteiger partial charge in [-0.2, -0.15) is 0 Å². The van der Waals surface area contributed by atoms with Crippen LogP contribution in [0.3, 0.4) is 0 Å². The molecule has 7 nitrogen and oxygen atoms in total. The Morgan fingerprint density at radius 1 is 1.14 bits per heavy atom. The molecular weight excluding hydrogens is 466 g/mol. The van der Waals surface area contributed by atoms with Crippen molar-refractivity contribution < 1.29 is 18.7 Å². The number of fused-ring (bicyclic) bond motifs is 1. The molecule has 2 aliphatic heterocycles. The van der Waals surface area contributed by atoms with E-state index in [0.29, 0.717) is 30.7 Å². The van der Waals surface area contributed by atoms with Crippen LogP contribution in [0.2, 0.25) is 5.02 Å². The van der Waals surface area contributed by atoms with Gasteiger partial charge in [0.15, 0.2) is 11.5 Å². The van der Waals surface area contributed by atoms with Crippen molar-refractivity contribution in [2.45, 2.75) is 39.3 Å². The normalized spacial score (nSPS) is 17.2. The van der Waals surface area contributed by atoms with Gasteiger partial charge in [-0.15, -0.1) is 0 Å². The van der Waals surface area contributed by atoms with Crippen LogP contribution in [0.4, 0.5) is 0 Å². The van der Waals surface area contributed by atoms with Crippen molar-refractivity contribution in [3.63, 3.8) is 0 Å². The van der Waals surface area contributed by atoms with E-state index in [1.807, 2.05) is 56.3 Å². The number of likely N-dealkylation sites (tertiary alicyclic amines) is 1. The minimum Gasteiger partial charge on any atom is -0.486 e. The molecule has 1 amide bonds. The van der Waals surface area contributed by atoms with E-state index in [4.69, 9.17) is 30.5 Å². The topological polar surface area (TPSA) is 76.8 Å². The molecule has 0 radical (unpaired) electrons. The SMILES string of the molecule is Cc1oc(-c2cccc(Cl)c2)nc1CN1CCC(C(=O)NC(C)c2ccc3c(c2)OCCO3)CC1. The van der Waals surface area contributed by atoms with Gasteiger partial charge < -0.3 is 19.2 Å². The second-order valence-electron chi connectivity index (χ2n) is 9.22. The van der Waals surface area contributed by atoms with E-state index >= 15 is 0 Å². The molecule has 0 saturated carbocycles. The summed E-state index contributed by atoms with van der Waals surface area (Å²) in [7, 11) is 0. The van der Waals surface area contributed by atoms with Crippen LogP contribution in [0, 0.1) is 12.8 Å². The quantitative estimate of drug-likeness (QED) is 0.508. The molecule has 2 aliphatic rings. The standard InChI is InChI=1S/C27H30ClN3O4/c1-17(20-6-7-24-25(15-20)34-13-12-33-24)29-26(32)19-8-10-31(11-9-19)16-23-18(2)35-27(30-23)21-4-3-5-22(28)14-21/h3-7,14-15,17,19H,8-13,16H2,1-2H3,(H,29,32). The zero-order chi connectivity index (χ0) is 24.4.